The van der Waals surface area contributed by atoms with Crippen molar-refractivity contribution in [1.82, 2.24) is 15.2 Å². The molecule has 1 atom stereocenters. The van der Waals surface area contributed by atoms with Crippen LogP contribution in [0.15, 0.2) is 42.6 Å². The monoisotopic (exact) mass is 346 g/mol. The second-order valence-electron chi connectivity index (χ2n) is 5.86. The topological polar surface area (TPSA) is 68.4 Å². The van der Waals surface area contributed by atoms with Crippen molar-refractivity contribution in [1.29, 1.82) is 0 Å². The summed E-state index contributed by atoms with van der Waals surface area (Å²) in [6, 6.07) is 10.6. The van der Waals surface area contributed by atoms with E-state index in [1.165, 1.54) is 0 Å². The Bertz CT molecular complexity index is 732. The lowest BCUT2D eigenvalue weighted by Gasteiger charge is -2.21. The number of urea groups is 1. The quantitative estimate of drug-likeness (QED) is 0.893. The normalized spacial score (nSPS) is 17.2. The van der Waals surface area contributed by atoms with E-state index < -0.39 is 0 Å². The average molecular weight is 347 g/mol. The van der Waals surface area contributed by atoms with Gasteiger partial charge in [0.15, 0.2) is 0 Å². The summed E-state index contributed by atoms with van der Waals surface area (Å²) < 4.78 is 0. The summed E-state index contributed by atoms with van der Waals surface area (Å²) >= 11 is 6.16. The zero-order valence-electron chi connectivity index (χ0n) is 13.3. The Morgan fingerprint density at radius 2 is 2.17 bits per heavy atom. The van der Waals surface area contributed by atoms with Gasteiger partial charge in [0.1, 0.15) is 0 Å². The molecule has 3 rings (SSSR count). The van der Waals surface area contributed by atoms with E-state index >= 15 is 0 Å². The minimum absolute atomic E-state index is 0.0413. The Hall–Kier alpha value is -2.47. The van der Waals surface area contributed by atoms with Crippen LogP contribution in [0, 0.1) is 0 Å². The molecular formula is C17H19ClN4O2. The molecule has 7 heteroatoms. The third kappa shape index (κ3) is 3.54. The number of anilines is 1. The molecule has 1 fully saturated rings. The van der Waals surface area contributed by atoms with Crippen molar-refractivity contribution >= 4 is 29.2 Å². The molecule has 126 valence electrons. The number of halogens is 1. The van der Waals surface area contributed by atoms with Gasteiger partial charge in [-0.2, -0.15) is 0 Å². The molecule has 2 aromatic rings. The maximum absolute atomic E-state index is 12.3. The number of H-pyrrole nitrogens is 1. The highest BCUT2D eigenvalue weighted by Gasteiger charge is 2.33. The number of para-hydroxylation sites is 1. The molecule has 0 bridgehead atoms. The van der Waals surface area contributed by atoms with Gasteiger partial charge in [-0.15, -0.1) is 0 Å². The summed E-state index contributed by atoms with van der Waals surface area (Å²) in [6.45, 7) is 0.901. The second kappa shape index (κ2) is 6.97. The van der Waals surface area contributed by atoms with Crippen molar-refractivity contribution in [2.75, 3.05) is 18.5 Å². The molecule has 0 unspecified atom stereocenters. The summed E-state index contributed by atoms with van der Waals surface area (Å²) in [4.78, 5) is 30.8. The van der Waals surface area contributed by atoms with Crippen molar-refractivity contribution < 1.29 is 9.59 Å². The lowest BCUT2D eigenvalue weighted by Crippen LogP contribution is -2.44. The fraction of sp³-hybridized carbons (Fsp3) is 0.294. The molecule has 0 radical (unpaired) electrons. The third-order valence-electron chi connectivity index (χ3n) is 4.01. The van der Waals surface area contributed by atoms with E-state index in [9.17, 15) is 9.59 Å². The maximum atomic E-state index is 12.3. The van der Waals surface area contributed by atoms with Crippen LogP contribution in [0.4, 0.5) is 10.5 Å². The van der Waals surface area contributed by atoms with Crippen molar-refractivity contribution in [2.45, 2.75) is 19.0 Å². The number of aromatic amines is 1. The number of nitrogens with one attached hydrogen (secondary N) is 2. The molecule has 2 heterocycles. The zero-order chi connectivity index (χ0) is 17.1. The van der Waals surface area contributed by atoms with Crippen molar-refractivity contribution in [2.24, 2.45) is 0 Å². The first kappa shape index (κ1) is 16.4. The number of rotatable bonds is 4. The van der Waals surface area contributed by atoms with Gasteiger partial charge in [-0.25, -0.2) is 4.79 Å². The van der Waals surface area contributed by atoms with E-state index in [4.69, 9.17) is 11.6 Å². The minimum atomic E-state index is -0.229. The average Bonchev–Trinajstić information content (AvgIpc) is 3.17. The lowest BCUT2D eigenvalue weighted by molar-refractivity contribution is -0.117. The highest BCUT2D eigenvalue weighted by atomic mass is 35.5. The van der Waals surface area contributed by atoms with Gasteiger partial charge in [-0.1, -0.05) is 23.7 Å². The van der Waals surface area contributed by atoms with Gasteiger partial charge < -0.3 is 20.1 Å². The number of hydrogen-bond acceptors (Lipinski definition) is 2. The van der Waals surface area contributed by atoms with Gasteiger partial charge >= 0.3 is 6.03 Å². The molecule has 3 amide bonds. The number of nitrogens with zero attached hydrogens (tertiary/aromatic N) is 2. The molecule has 0 aliphatic carbocycles. The van der Waals surface area contributed by atoms with Gasteiger partial charge in [0.25, 0.3) is 0 Å². The molecule has 2 N–H and O–H groups in total. The highest BCUT2D eigenvalue weighted by Crippen LogP contribution is 2.28. The molecule has 1 aliphatic rings. The van der Waals surface area contributed by atoms with Crippen LogP contribution in [-0.2, 0) is 11.3 Å². The van der Waals surface area contributed by atoms with E-state index in [0.29, 0.717) is 23.8 Å². The van der Waals surface area contributed by atoms with Crippen molar-refractivity contribution in [3.05, 3.63) is 53.3 Å². The fourth-order valence-electron chi connectivity index (χ4n) is 2.79. The molecule has 0 saturated carbocycles. The summed E-state index contributed by atoms with van der Waals surface area (Å²) in [5.41, 5.74) is 1.63. The molecule has 1 aromatic heterocycles. The molecule has 1 saturated heterocycles. The number of benzene rings is 1. The number of hydrogen-bond donors (Lipinski definition) is 2. The molecule has 1 aromatic carbocycles. The van der Waals surface area contributed by atoms with Gasteiger partial charge in [0.05, 0.1) is 23.3 Å². The largest absolute Gasteiger partial charge is 0.364 e. The van der Waals surface area contributed by atoms with E-state index in [0.717, 1.165) is 5.69 Å². The van der Waals surface area contributed by atoms with E-state index in [1.54, 1.807) is 22.9 Å². The molecule has 0 spiro atoms. The first-order chi connectivity index (χ1) is 11.5. The SMILES string of the molecule is CN(Cc1ccc[nH]1)C(=O)N[C@@H]1CC(=O)N(c2ccccc2Cl)C1. The predicted octanol–water partition coefficient (Wildman–Crippen LogP) is 2.62. The van der Waals surface area contributed by atoms with Gasteiger partial charge in [-0.3, -0.25) is 4.79 Å². The number of carbonyl (C=O) groups is 2. The van der Waals surface area contributed by atoms with Gasteiger partial charge in [0, 0.05) is 31.9 Å². The van der Waals surface area contributed by atoms with Crippen LogP contribution in [-0.4, -0.2) is 41.5 Å². The maximum Gasteiger partial charge on any atom is 0.317 e. The smallest absolute Gasteiger partial charge is 0.317 e. The van der Waals surface area contributed by atoms with Crippen LogP contribution in [0.2, 0.25) is 5.02 Å². The van der Waals surface area contributed by atoms with Crippen LogP contribution in [0.3, 0.4) is 0 Å². The van der Waals surface area contributed by atoms with Crippen LogP contribution in [0.1, 0.15) is 12.1 Å². The summed E-state index contributed by atoms with van der Waals surface area (Å²) in [5, 5.41) is 3.44. The Morgan fingerprint density at radius 1 is 1.38 bits per heavy atom. The Labute approximate surface area is 145 Å². The summed E-state index contributed by atoms with van der Waals surface area (Å²) in [6.07, 6.45) is 2.09. The van der Waals surface area contributed by atoms with Crippen LogP contribution >= 0.6 is 11.6 Å². The minimum Gasteiger partial charge on any atom is -0.364 e. The Balaban J connectivity index is 1.60. The van der Waals surface area contributed by atoms with Crippen LogP contribution < -0.4 is 10.2 Å². The molecule has 24 heavy (non-hydrogen) atoms. The highest BCUT2D eigenvalue weighted by molar-refractivity contribution is 6.33. The van der Waals surface area contributed by atoms with E-state index in [-0.39, 0.29) is 24.4 Å². The number of amides is 3. The molecule has 6 nitrogen and oxygen atoms in total. The van der Waals surface area contributed by atoms with E-state index in [1.807, 2.05) is 36.5 Å². The van der Waals surface area contributed by atoms with E-state index in [2.05, 4.69) is 10.3 Å². The van der Waals surface area contributed by atoms with Gasteiger partial charge in [-0.05, 0) is 24.3 Å². The summed E-state index contributed by atoms with van der Waals surface area (Å²) in [7, 11) is 1.72. The van der Waals surface area contributed by atoms with Crippen molar-refractivity contribution in [3.8, 4) is 0 Å². The van der Waals surface area contributed by atoms with Gasteiger partial charge in [0.2, 0.25) is 5.91 Å². The first-order valence-corrected chi connectivity index (χ1v) is 8.11. The standard InChI is InChI=1S/C17H19ClN4O2/c1-21(10-12-5-4-8-19-12)17(24)20-13-9-16(23)22(11-13)15-7-3-2-6-14(15)18/h2-8,13,19H,9-11H2,1H3,(H,20,24)/t13-/m1/s1. The Kier molecular flexibility index (Phi) is 4.76. The lowest BCUT2D eigenvalue weighted by atomic mass is 10.2. The third-order valence-corrected chi connectivity index (χ3v) is 4.33. The zero-order valence-corrected chi connectivity index (χ0v) is 14.1. The Morgan fingerprint density at radius 3 is 2.88 bits per heavy atom. The van der Waals surface area contributed by atoms with Crippen LogP contribution in [0.5, 0.6) is 0 Å². The molecule has 1 aliphatic heterocycles. The first-order valence-electron chi connectivity index (χ1n) is 7.73. The predicted molar refractivity (Wildman–Crippen MR) is 93.0 cm³/mol. The number of carbonyl (C=O) groups excluding carboxylic acids is 2. The van der Waals surface area contributed by atoms with Crippen molar-refractivity contribution in [3.63, 3.8) is 0 Å². The fourth-order valence-corrected chi connectivity index (χ4v) is 3.02. The second-order valence-corrected chi connectivity index (χ2v) is 6.26. The number of aromatic nitrogens is 1. The molecular weight excluding hydrogens is 328 g/mol. The summed E-state index contributed by atoms with van der Waals surface area (Å²) in [5.74, 6) is -0.0413. The van der Waals surface area contributed by atoms with Crippen LogP contribution in [0.25, 0.3) is 0 Å².